The summed E-state index contributed by atoms with van der Waals surface area (Å²) in [5, 5.41) is 2.98. The molecule has 0 unspecified atom stereocenters. The summed E-state index contributed by atoms with van der Waals surface area (Å²) in [6.07, 6.45) is 5.25. The number of esters is 1. The van der Waals surface area contributed by atoms with Gasteiger partial charge in [0.1, 0.15) is 4.60 Å². The highest BCUT2D eigenvalue weighted by Crippen LogP contribution is 2.10. The molecule has 2 aromatic rings. The molecule has 0 aliphatic carbocycles. The fraction of sp³-hybridized carbons (Fsp3) is 0.300. The highest BCUT2D eigenvalue weighted by molar-refractivity contribution is 9.10. The van der Waals surface area contributed by atoms with Crippen LogP contribution in [0.1, 0.15) is 5.69 Å². The Bertz CT molecular complexity index is 540. The Balaban J connectivity index is 2.08. The maximum atomic E-state index is 10.9. The van der Waals surface area contributed by atoms with Crippen LogP contribution in [-0.2, 0) is 16.1 Å². The van der Waals surface area contributed by atoms with Crippen molar-refractivity contribution in [3.63, 3.8) is 0 Å². The molecule has 0 radical (unpaired) electrons. The van der Waals surface area contributed by atoms with Crippen molar-refractivity contribution in [2.45, 2.75) is 6.54 Å². The van der Waals surface area contributed by atoms with Crippen LogP contribution in [0.15, 0.2) is 23.2 Å². The SMILES string of the molecule is COC(=O)CNCc1cnc2cnc(Br)cn12. The molecule has 17 heavy (non-hydrogen) atoms. The first-order valence-corrected chi connectivity index (χ1v) is 5.75. The van der Waals surface area contributed by atoms with E-state index in [4.69, 9.17) is 0 Å². The second-order valence-electron chi connectivity index (χ2n) is 3.37. The van der Waals surface area contributed by atoms with Gasteiger partial charge in [0.25, 0.3) is 0 Å². The van der Waals surface area contributed by atoms with Crippen LogP contribution in [0.5, 0.6) is 0 Å². The average Bonchev–Trinajstić information content (AvgIpc) is 2.72. The first-order chi connectivity index (χ1) is 8.20. The van der Waals surface area contributed by atoms with Crippen molar-refractivity contribution in [1.82, 2.24) is 19.7 Å². The number of nitrogens with zero attached hydrogens (tertiary/aromatic N) is 3. The van der Waals surface area contributed by atoms with Gasteiger partial charge in [0.2, 0.25) is 0 Å². The van der Waals surface area contributed by atoms with E-state index in [0.717, 1.165) is 15.9 Å². The summed E-state index contributed by atoms with van der Waals surface area (Å²) in [6, 6.07) is 0. The Labute approximate surface area is 106 Å². The molecule has 0 aromatic carbocycles. The molecule has 0 bridgehead atoms. The quantitative estimate of drug-likeness (QED) is 0.844. The Morgan fingerprint density at radius 3 is 3.12 bits per heavy atom. The van der Waals surface area contributed by atoms with E-state index in [1.165, 1.54) is 7.11 Å². The van der Waals surface area contributed by atoms with E-state index < -0.39 is 0 Å². The van der Waals surface area contributed by atoms with Crippen molar-refractivity contribution in [3.8, 4) is 0 Å². The minimum absolute atomic E-state index is 0.177. The molecule has 1 N–H and O–H groups in total. The number of hydrogen-bond acceptors (Lipinski definition) is 5. The van der Waals surface area contributed by atoms with Gasteiger partial charge >= 0.3 is 5.97 Å². The van der Waals surface area contributed by atoms with Crippen molar-refractivity contribution in [2.24, 2.45) is 0 Å². The zero-order valence-electron chi connectivity index (χ0n) is 9.18. The third-order valence-corrected chi connectivity index (χ3v) is 2.65. The first kappa shape index (κ1) is 12.0. The Morgan fingerprint density at radius 1 is 1.53 bits per heavy atom. The molecule has 7 heteroatoms. The predicted octanol–water partition coefficient (Wildman–Crippen LogP) is 0.754. The number of ether oxygens (including phenoxy) is 1. The smallest absolute Gasteiger partial charge is 0.319 e. The zero-order valence-corrected chi connectivity index (χ0v) is 10.8. The van der Waals surface area contributed by atoms with Gasteiger partial charge in [-0.15, -0.1) is 0 Å². The van der Waals surface area contributed by atoms with Gasteiger partial charge in [-0.1, -0.05) is 0 Å². The monoisotopic (exact) mass is 298 g/mol. The lowest BCUT2D eigenvalue weighted by Crippen LogP contribution is -2.23. The molecule has 0 aliphatic heterocycles. The first-order valence-electron chi connectivity index (χ1n) is 4.95. The van der Waals surface area contributed by atoms with Crippen molar-refractivity contribution in [3.05, 3.63) is 28.9 Å². The molecule has 0 atom stereocenters. The van der Waals surface area contributed by atoms with Crippen LogP contribution in [0.2, 0.25) is 0 Å². The summed E-state index contributed by atoms with van der Waals surface area (Å²) in [6.45, 7) is 0.711. The van der Waals surface area contributed by atoms with Gasteiger partial charge in [-0.3, -0.25) is 9.20 Å². The molecule has 6 nitrogen and oxygen atoms in total. The van der Waals surface area contributed by atoms with E-state index in [1.54, 1.807) is 12.4 Å². The number of carbonyl (C=O) groups excluding carboxylic acids is 1. The fourth-order valence-electron chi connectivity index (χ4n) is 1.41. The summed E-state index contributed by atoms with van der Waals surface area (Å²) in [7, 11) is 1.36. The maximum absolute atomic E-state index is 10.9. The lowest BCUT2D eigenvalue weighted by Gasteiger charge is -2.03. The molecular weight excluding hydrogens is 288 g/mol. The number of aromatic nitrogens is 3. The molecule has 2 heterocycles. The maximum Gasteiger partial charge on any atom is 0.319 e. The van der Waals surface area contributed by atoms with Crippen LogP contribution < -0.4 is 5.32 Å². The number of methoxy groups -OCH3 is 1. The number of halogens is 1. The molecule has 2 aromatic heterocycles. The third-order valence-electron chi connectivity index (χ3n) is 2.24. The topological polar surface area (TPSA) is 68.5 Å². The Morgan fingerprint density at radius 2 is 2.35 bits per heavy atom. The van der Waals surface area contributed by atoms with Gasteiger partial charge in [0, 0.05) is 12.7 Å². The van der Waals surface area contributed by atoms with Crippen LogP contribution in [0.3, 0.4) is 0 Å². The van der Waals surface area contributed by atoms with Crippen LogP contribution in [0.25, 0.3) is 5.65 Å². The van der Waals surface area contributed by atoms with Crippen molar-refractivity contribution in [1.29, 1.82) is 0 Å². The highest BCUT2D eigenvalue weighted by Gasteiger charge is 2.05. The summed E-state index contributed by atoms with van der Waals surface area (Å²) >= 11 is 3.30. The fourth-order valence-corrected chi connectivity index (χ4v) is 1.72. The van der Waals surface area contributed by atoms with Crippen LogP contribution in [0.4, 0.5) is 0 Å². The van der Waals surface area contributed by atoms with Crippen molar-refractivity contribution in [2.75, 3.05) is 13.7 Å². The number of carbonyl (C=O) groups is 1. The third kappa shape index (κ3) is 2.80. The second-order valence-corrected chi connectivity index (χ2v) is 4.18. The van der Waals surface area contributed by atoms with Gasteiger partial charge < -0.3 is 10.1 Å². The van der Waals surface area contributed by atoms with Crippen molar-refractivity contribution < 1.29 is 9.53 Å². The molecule has 0 amide bonds. The summed E-state index contributed by atoms with van der Waals surface area (Å²) in [4.78, 5) is 19.2. The molecule has 0 aliphatic rings. The molecule has 0 saturated heterocycles. The van der Waals surface area contributed by atoms with Crippen LogP contribution in [0, 0.1) is 0 Å². The van der Waals surface area contributed by atoms with E-state index in [1.807, 2.05) is 10.6 Å². The van der Waals surface area contributed by atoms with Gasteiger partial charge in [0.05, 0.1) is 31.7 Å². The highest BCUT2D eigenvalue weighted by atomic mass is 79.9. The number of hydrogen-bond donors (Lipinski definition) is 1. The predicted molar refractivity (Wildman–Crippen MR) is 64.4 cm³/mol. The number of rotatable bonds is 4. The molecule has 0 saturated carbocycles. The molecular formula is C10H11BrN4O2. The Hall–Kier alpha value is -1.47. The summed E-state index contributed by atoms with van der Waals surface area (Å²) < 4.78 is 7.17. The van der Waals surface area contributed by atoms with Gasteiger partial charge in [-0.05, 0) is 15.9 Å². The van der Waals surface area contributed by atoms with Crippen molar-refractivity contribution >= 4 is 27.5 Å². The standard InChI is InChI=1S/C10H11BrN4O2/c1-17-10(16)5-12-2-7-3-14-9-4-13-8(11)6-15(7)9/h3-4,6,12H,2,5H2,1H3. The van der Waals surface area contributed by atoms with E-state index in [0.29, 0.717) is 6.54 Å². The number of fused-ring (bicyclic) bond motifs is 1. The second kappa shape index (κ2) is 5.24. The lowest BCUT2D eigenvalue weighted by molar-refractivity contribution is -0.139. The molecule has 0 fully saturated rings. The lowest BCUT2D eigenvalue weighted by atomic mass is 10.4. The van der Waals surface area contributed by atoms with E-state index in [-0.39, 0.29) is 12.5 Å². The normalized spacial score (nSPS) is 10.7. The summed E-state index contributed by atoms with van der Waals surface area (Å²) in [5.41, 5.74) is 1.72. The molecule has 0 spiro atoms. The molecule has 2 rings (SSSR count). The molecule has 90 valence electrons. The zero-order chi connectivity index (χ0) is 12.3. The average molecular weight is 299 g/mol. The van der Waals surface area contributed by atoms with E-state index >= 15 is 0 Å². The van der Waals surface area contributed by atoms with Crippen LogP contribution in [-0.4, -0.2) is 34.0 Å². The number of nitrogens with one attached hydrogen (secondary N) is 1. The van der Waals surface area contributed by atoms with E-state index in [9.17, 15) is 4.79 Å². The summed E-state index contributed by atoms with van der Waals surface area (Å²) in [5.74, 6) is -0.290. The largest absolute Gasteiger partial charge is 0.468 e. The van der Waals surface area contributed by atoms with E-state index in [2.05, 4.69) is 36.0 Å². The van der Waals surface area contributed by atoms with Gasteiger partial charge in [-0.2, -0.15) is 0 Å². The number of imidazole rings is 1. The Kier molecular flexibility index (Phi) is 3.70. The minimum atomic E-state index is -0.290. The van der Waals surface area contributed by atoms with Crippen LogP contribution >= 0.6 is 15.9 Å². The minimum Gasteiger partial charge on any atom is -0.468 e. The van der Waals surface area contributed by atoms with Gasteiger partial charge in [0.15, 0.2) is 5.65 Å². The van der Waals surface area contributed by atoms with Gasteiger partial charge in [-0.25, -0.2) is 9.97 Å².